The third-order valence-corrected chi connectivity index (χ3v) is 3.99. The molecule has 0 aliphatic carbocycles. The maximum Gasteiger partial charge on any atom is 0.248 e. The average molecular weight is 344 g/mol. The van der Waals surface area contributed by atoms with Gasteiger partial charge in [0.15, 0.2) is 0 Å². The summed E-state index contributed by atoms with van der Waals surface area (Å²) in [6, 6.07) is 7.49. The maximum absolute atomic E-state index is 12.3. The summed E-state index contributed by atoms with van der Waals surface area (Å²) in [5, 5.41) is 14.9. The number of rotatable bonds is 4. The number of anilines is 1. The fraction of sp³-hybridized carbons (Fsp3) is 0.0526. The molecule has 4 rings (SSSR count). The molecule has 0 spiro atoms. The Hall–Kier alpha value is -3.74. The molecule has 0 atom stereocenters. The highest BCUT2D eigenvalue weighted by molar-refractivity contribution is 6.03. The first kappa shape index (κ1) is 15.8. The molecule has 2 N–H and O–H groups in total. The lowest BCUT2D eigenvalue weighted by atomic mass is 10.0. The molecule has 3 heterocycles. The second-order valence-electron chi connectivity index (χ2n) is 5.86. The number of fused-ring (bicyclic) bond motifs is 1. The van der Waals surface area contributed by atoms with Crippen molar-refractivity contribution in [2.45, 2.75) is 0 Å². The molecule has 0 aliphatic heterocycles. The number of hydrogen-bond acceptors (Lipinski definition) is 4. The molecular weight excluding hydrogens is 328 g/mol. The van der Waals surface area contributed by atoms with E-state index in [4.69, 9.17) is 0 Å². The Balaban J connectivity index is 1.53. The predicted molar refractivity (Wildman–Crippen MR) is 100 cm³/mol. The van der Waals surface area contributed by atoms with E-state index in [9.17, 15) is 4.79 Å². The SMILES string of the molecule is Cn1cc(-c2ccncc2C=CC(=O)Nc2ccc3cn[nH]c3c2)cn1. The van der Waals surface area contributed by atoms with Gasteiger partial charge in [-0.25, -0.2) is 0 Å². The van der Waals surface area contributed by atoms with Gasteiger partial charge in [0.2, 0.25) is 5.91 Å². The summed E-state index contributed by atoms with van der Waals surface area (Å²) in [7, 11) is 1.87. The highest BCUT2D eigenvalue weighted by Gasteiger charge is 2.06. The smallest absolute Gasteiger partial charge is 0.248 e. The van der Waals surface area contributed by atoms with Crippen LogP contribution in [0.2, 0.25) is 0 Å². The van der Waals surface area contributed by atoms with Crippen molar-refractivity contribution in [2.24, 2.45) is 7.05 Å². The molecule has 0 bridgehead atoms. The number of aromatic amines is 1. The zero-order valence-electron chi connectivity index (χ0n) is 14.0. The number of hydrogen-bond donors (Lipinski definition) is 2. The standard InChI is InChI=1S/C19H16N6O/c1-25-12-15(11-22-25)17-6-7-20-9-13(17)3-5-19(26)23-16-4-2-14-10-21-24-18(14)8-16/h2-12H,1H3,(H,21,24)(H,23,26). The van der Waals surface area contributed by atoms with Crippen LogP contribution in [0, 0.1) is 0 Å². The second-order valence-corrected chi connectivity index (χ2v) is 5.86. The van der Waals surface area contributed by atoms with Crippen LogP contribution >= 0.6 is 0 Å². The molecule has 3 aromatic heterocycles. The quantitative estimate of drug-likeness (QED) is 0.557. The topological polar surface area (TPSA) is 88.5 Å². The molecule has 0 saturated carbocycles. The Labute approximate surface area is 149 Å². The van der Waals surface area contributed by atoms with E-state index >= 15 is 0 Å². The van der Waals surface area contributed by atoms with Crippen LogP contribution in [0.25, 0.3) is 28.1 Å². The second kappa shape index (κ2) is 6.64. The molecule has 128 valence electrons. The van der Waals surface area contributed by atoms with Crippen molar-refractivity contribution in [2.75, 3.05) is 5.32 Å². The first-order valence-corrected chi connectivity index (χ1v) is 8.04. The normalized spacial score (nSPS) is 11.3. The Morgan fingerprint density at radius 1 is 1.23 bits per heavy atom. The fourth-order valence-electron chi connectivity index (χ4n) is 2.73. The lowest BCUT2D eigenvalue weighted by Crippen LogP contribution is -2.07. The summed E-state index contributed by atoms with van der Waals surface area (Å²) >= 11 is 0. The number of nitrogens with one attached hydrogen (secondary N) is 2. The minimum Gasteiger partial charge on any atom is -0.322 e. The Morgan fingerprint density at radius 3 is 3.00 bits per heavy atom. The van der Waals surface area contributed by atoms with E-state index in [0.29, 0.717) is 5.69 Å². The van der Waals surface area contributed by atoms with Gasteiger partial charge in [0, 0.05) is 53.9 Å². The van der Waals surface area contributed by atoms with Crippen LogP contribution in [0.3, 0.4) is 0 Å². The van der Waals surface area contributed by atoms with Gasteiger partial charge >= 0.3 is 0 Å². The Bertz CT molecular complexity index is 1110. The zero-order chi connectivity index (χ0) is 17.9. The molecule has 7 nitrogen and oxygen atoms in total. The molecule has 0 aliphatic rings. The first-order chi connectivity index (χ1) is 12.7. The van der Waals surface area contributed by atoms with Crippen molar-refractivity contribution in [3.63, 3.8) is 0 Å². The van der Waals surface area contributed by atoms with Crippen molar-refractivity contribution in [1.82, 2.24) is 25.0 Å². The van der Waals surface area contributed by atoms with E-state index in [0.717, 1.165) is 27.6 Å². The summed E-state index contributed by atoms with van der Waals surface area (Å²) in [6.45, 7) is 0. The number of benzene rings is 1. The van der Waals surface area contributed by atoms with Gasteiger partial charge in [-0.2, -0.15) is 10.2 Å². The van der Waals surface area contributed by atoms with Gasteiger partial charge in [-0.15, -0.1) is 0 Å². The number of aromatic nitrogens is 5. The number of amides is 1. The van der Waals surface area contributed by atoms with Crippen LogP contribution in [0.15, 0.2) is 61.3 Å². The van der Waals surface area contributed by atoms with E-state index < -0.39 is 0 Å². The van der Waals surface area contributed by atoms with Crippen LogP contribution in [-0.4, -0.2) is 30.9 Å². The molecule has 1 amide bonds. The first-order valence-electron chi connectivity index (χ1n) is 8.04. The highest BCUT2D eigenvalue weighted by atomic mass is 16.1. The van der Waals surface area contributed by atoms with Crippen molar-refractivity contribution >= 4 is 28.6 Å². The largest absolute Gasteiger partial charge is 0.322 e. The number of carbonyl (C=O) groups is 1. The monoisotopic (exact) mass is 344 g/mol. The summed E-state index contributed by atoms with van der Waals surface area (Å²) in [5.41, 5.74) is 4.36. The van der Waals surface area contributed by atoms with E-state index in [2.05, 4.69) is 25.6 Å². The molecule has 26 heavy (non-hydrogen) atoms. The third kappa shape index (κ3) is 3.23. The average Bonchev–Trinajstić information content (AvgIpc) is 3.28. The lowest BCUT2D eigenvalue weighted by molar-refractivity contribution is -0.111. The predicted octanol–water partition coefficient (Wildman–Crippen LogP) is 3.01. The summed E-state index contributed by atoms with van der Waals surface area (Å²) in [4.78, 5) is 16.4. The van der Waals surface area contributed by atoms with Crippen molar-refractivity contribution in [3.8, 4) is 11.1 Å². The van der Waals surface area contributed by atoms with Gasteiger partial charge in [0.25, 0.3) is 0 Å². The van der Waals surface area contributed by atoms with Crippen LogP contribution < -0.4 is 5.32 Å². The van der Waals surface area contributed by atoms with E-state index in [1.54, 1.807) is 35.5 Å². The fourth-order valence-corrected chi connectivity index (χ4v) is 2.73. The Kier molecular flexibility index (Phi) is 4.03. The Morgan fingerprint density at radius 2 is 2.15 bits per heavy atom. The molecular formula is C19H16N6O. The van der Waals surface area contributed by atoms with Crippen LogP contribution in [0.1, 0.15) is 5.56 Å². The molecule has 0 unspecified atom stereocenters. The van der Waals surface area contributed by atoms with Gasteiger partial charge in [-0.1, -0.05) is 0 Å². The van der Waals surface area contributed by atoms with Crippen LogP contribution in [0.5, 0.6) is 0 Å². The van der Waals surface area contributed by atoms with E-state index in [1.165, 1.54) is 6.08 Å². The van der Waals surface area contributed by atoms with E-state index in [-0.39, 0.29) is 5.91 Å². The molecule has 0 fully saturated rings. The summed E-state index contributed by atoms with van der Waals surface area (Å²) in [6.07, 6.45) is 12.1. The number of pyridine rings is 1. The molecule has 7 heteroatoms. The van der Waals surface area contributed by atoms with E-state index in [1.807, 2.05) is 37.5 Å². The summed E-state index contributed by atoms with van der Waals surface area (Å²) in [5.74, 6) is -0.218. The highest BCUT2D eigenvalue weighted by Crippen LogP contribution is 2.23. The van der Waals surface area contributed by atoms with Crippen LogP contribution in [-0.2, 0) is 11.8 Å². The van der Waals surface area contributed by atoms with Gasteiger partial charge in [-0.05, 0) is 35.9 Å². The van der Waals surface area contributed by atoms with Gasteiger partial charge in [-0.3, -0.25) is 19.6 Å². The molecule has 0 saturated heterocycles. The van der Waals surface area contributed by atoms with Gasteiger partial charge in [0.1, 0.15) is 0 Å². The van der Waals surface area contributed by atoms with Crippen molar-refractivity contribution < 1.29 is 4.79 Å². The third-order valence-electron chi connectivity index (χ3n) is 3.99. The number of carbonyl (C=O) groups excluding carboxylic acids is 1. The molecule has 0 radical (unpaired) electrons. The van der Waals surface area contributed by atoms with Crippen LogP contribution in [0.4, 0.5) is 5.69 Å². The van der Waals surface area contributed by atoms with Crippen molar-refractivity contribution in [3.05, 3.63) is 66.9 Å². The van der Waals surface area contributed by atoms with Gasteiger partial charge < -0.3 is 5.32 Å². The maximum atomic E-state index is 12.3. The number of aryl methyl sites for hydroxylation is 1. The molecule has 4 aromatic rings. The zero-order valence-corrected chi connectivity index (χ0v) is 14.0. The molecule has 1 aromatic carbocycles. The number of nitrogens with zero attached hydrogens (tertiary/aromatic N) is 4. The summed E-state index contributed by atoms with van der Waals surface area (Å²) < 4.78 is 1.74. The lowest BCUT2D eigenvalue weighted by Gasteiger charge is -2.04. The van der Waals surface area contributed by atoms with Crippen molar-refractivity contribution in [1.29, 1.82) is 0 Å². The minimum absolute atomic E-state index is 0.218. The number of H-pyrrole nitrogens is 1. The van der Waals surface area contributed by atoms with Gasteiger partial charge in [0.05, 0.1) is 17.9 Å². The minimum atomic E-state index is -0.218.